The Morgan fingerprint density at radius 2 is 1.94 bits per heavy atom. The van der Waals surface area contributed by atoms with Gasteiger partial charge in [0.25, 0.3) is 0 Å². The van der Waals surface area contributed by atoms with Crippen molar-refractivity contribution < 1.29 is 4.79 Å². The standard InChI is InChI=1S/C15H30N2O/c1-5-15(8-6-7-9-15)13(18)17-14(4,11-16)10-12(2)3/h12H,5-11,16H2,1-4H3,(H,17,18). The molecule has 0 aromatic heterocycles. The van der Waals surface area contributed by atoms with Crippen LogP contribution in [0.5, 0.6) is 0 Å². The summed E-state index contributed by atoms with van der Waals surface area (Å²) in [7, 11) is 0. The summed E-state index contributed by atoms with van der Waals surface area (Å²) < 4.78 is 0. The lowest BCUT2D eigenvalue weighted by atomic mass is 9.80. The van der Waals surface area contributed by atoms with Crippen molar-refractivity contribution in [2.24, 2.45) is 17.1 Å². The number of carbonyl (C=O) groups is 1. The minimum absolute atomic E-state index is 0.118. The lowest BCUT2D eigenvalue weighted by molar-refractivity contribution is -0.133. The second-order valence-corrected chi connectivity index (χ2v) is 6.66. The molecule has 1 aliphatic carbocycles. The second-order valence-electron chi connectivity index (χ2n) is 6.66. The van der Waals surface area contributed by atoms with Gasteiger partial charge in [-0.3, -0.25) is 4.79 Å². The van der Waals surface area contributed by atoms with E-state index in [9.17, 15) is 4.79 Å². The van der Waals surface area contributed by atoms with Gasteiger partial charge in [0.1, 0.15) is 0 Å². The van der Waals surface area contributed by atoms with Crippen molar-refractivity contribution in [1.29, 1.82) is 0 Å². The number of amides is 1. The molecule has 1 saturated carbocycles. The highest BCUT2D eigenvalue weighted by Gasteiger charge is 2.41. The molecule has 1 rings (SSSR count). The predicted molar refractivity (Wildman–Crippen MR) is 76.2 cm³/mol. The minimum atomic E-state index is -0.254. The minimum Gasteiger partial charge on any atom is -0.349 e. The Morgan fingerprint density at radius 3 is 2.33 bits per heavy atom. The SMILES string of the molecule is CCC1(C(=O)NC(C)(CN)CC(C)C)CCCC1. The summed E-state index contributed by atoms with van der Waals surface area (Å²) in [6, 6.07) is 0. The van der Waals surface area contributed by atoms with Crippen LogP contribution in [0.1, 0.15) is 66.2 Å². The maximum atomic E-state index is 12.6. The monoisotopic (exact) mass is 254 g/mol. The van der Waals surface area contributed by atoms with E-state index >= 15 is 0 Å². The third kappa shape index (κ3) is 3.47. The van der Waals surface area contributed by atoms with Gasteiger partial charge in [-0.1, -0.05) is 33.6 Å². The van der Waals surface area contributed by atoms with E-state index in [0.717, 1.165) is 25.7 Å². The zero-order chi connectivity index (χ0) is 13.8. The molecule has 0 saturated heterocycles. The number of hydrogen-bond donors (Lipinski definition) is 2. The first-order chi connectivity index (χ1) is 8.37. The first-order valence-corrected chi connectivity index (χ1v) is 7.40. The Bertz CT molecular complexity index is 282. The smallest absolute Gasteiger partial charge is 0.226 e. The van der Waals surface area contributed by atoms with E-state index in [-0.39, 0.29) is 16.9 Å². The van der Waals surface area contributed by atoms with E-state index < -0.39 is 0 Å². The Morgan fingerprint density at radius 1 is 1.39 bits per heavy atom. The number of nitrogens with two attached hydrogens (primary N) is 1. The van der Waals surface area contributed by atoms with Crippen LogP contribution >= 0.6 is 0 Å². The maximum Gasteiger partial charge on any atom is 0.226 e. The van der Waals surface area contributed by atoms with Gasteiger partial charge in [0.15, 0.2) is 0 Å². The molecule has 0 spiro atoms. The average Bonchev–Trinajstić information content (AvgIpc) is 2.77. The van der Waals surface area contributed by atoms with E-state index in [4.69, 9.17) is 5.73 Å². The average molecular weight is 254 g/mol. The molecule has 3 nitrogen and oxygen atoms in total. The van der Waals surface area contributed by atoms with Crippen LogP contribution in [0.4, 0.5) is 0 Å². The van der Waals surface area contributed by atoms with Gasteiger partial charge in [-0.2, -0.15) is 0 Å². The summed E-state index contributed by atoms with van der Waals surface area (Å²) in [6.45, 7) is 9.06. The Kier molecular flexibility index (Phi) is 5.20. The number of hydrogen-bond acceptors (Lipinski definition) is 2. The molecule has 0 aromatic rings. The number of rotatable bonds is 6. The molecule has 1 aliphatic rings. The summed E-state index contributed by atoms with van der Waals surface area (Å²) >= 11 is 0. The molecule has 1 fully saturated rings. The Hall–Kier alpha value is -0.570. The Labute approximate surface area is 112 Å². The molecule has 1 amide bonds. The van der Waals surface area contributed by atoms with E-state index in [2.05, 4.69) is 33.0 Å². The second kappa shape index (κ2) is 6.05. The van der Waals surface area contributed by atoms with Crippen LogP contribution in [-0.2, 0) is 4.79 Å². The van der Waals surface area contributed by atoms with Crippen LogP contribution < -0.4 is 11.1 Å². The third-order valence-electron chi connectivity index (χ3n) is 4.44. The van der Waals surface area contributed by atoms with E-state index in [1.165, 1.54) is 12.8 Å². The molecule has 0 heterocycles. The zero-order valence-electron chi connectivity index (χ0n) is 12.5. The summed E-state index contributed by atoms with van der Waals surface area (Å²) in [5.41, 5.74) is 5.50. The maximum absolute atomic E-state index is 12.6. The molecule has 0 aliphatic heterocycles. The summed E-state index contributed by atoms with van der Waals surface area (Å²) in [5, 5.41) is 3.24. The largest absolute Gasteiger partial charge is 0.349 e. The van der Waals surface area contributed by atoms with Gasteiger partial charge >= 0.3 is 0 Å². The fourth-order valence-corrected chi connectivity index (χ4v) is 3.29. The van der Waals surface area contributed by atoms with Gasteiger partial charge in [0.05, 0.1) is 0 Å². The van der Waals surface area contributed by atoms with Crippen LogP contribution in [-0.4, -0.2) is 18.0 Å². The van der Waals surface area contributed by atoms with Crippen LogP contribution in [0.2, 0.25) is 0 Å². The molecular formula is C15H30N2O. The van der Waals surface area contributed by atoms with Gasteiger partial charge < -0.3 is 11.1 Å². The van der Waals surface area contributed by atoms with Crippen molar-refractivity contribution >= 4 is 5.91 Å². The van der Waals surface area contributed by atoms with Crippen molar-refractivity contribution in [2.75, 3.05) is 6.54 Å². The molecule has 1 atom stereocenters. The van der Waals surface area contributed by atoms with Gasteiger partial charge in [0.2, 0.25) is 5.91 Å². The lowest BCUT2D eigenvalue weighted by Gasteiger charge is -2.36. The molecule has 106 valence electrons. The van der Waals surface area contributed by atoms with Crippen molar-refractivity contribution in [2.45, 2.75) is 71.8 Å². The van der Waals surface area contributed by atoms with Gasteiger partial charge in [-0.15, -0.1) is 0 Å². The number of nitrogens with one attached hydrogen (secondary N) is 1. The third-order valence-corrected chi connectivity index (χ3v) is 4.44. The van der Waals surface area contributed by atoms with Crippen LogP contribution in [0.15, 0.2) is 0 Å². The number of carbonyl (C=O) groups excluding carboxylic acids is 1. The molecule has 1 unspecified atom stereocenters. The van der Waals surface area contributed by atoms with Gasteiger partial charge in [0, 0.05) is 17.5 Å². The van der Waals surface area contributed by atoms with E-state index in [1.807, 2.05) is 0 Å². The van der Waals surface area contributed by atoms with Gasteiger partial charge in [-0.25, -0.2) is 0 Å². The Balaban J connectivity index is 2.72. The van der Waals surface area contributed by atoms with Crippen molar-refractivity contribution in [3.05, 3.63) is 0 Å². The summed E-state index contributed by atoms with van der Waals surface area (Å²) in [4.78, 5) is 12.6. The molecular weight excluding hydrogens is 224 g/mol. The molecule has 18 heavy (non-hydrogen) atoms. The highest BCUT2D eigenvalue weighted by atomic mass is 16.2. The van der Waals surface area contributed by atoms with E-state index in [0.29, 0.717) is 12.5 Å². The van der Waals surface area contributed by atoms with Crippen molar-refractivity contribution in [3.8, 4) is 0 Å². The van der Waals surface area contributed by atoms with Crippen LogP contribution in [0.3, 0.4) is 0 Å². The zero-order valence-corrected chi connectivity index (χ0v) is 12.5. The molecule has 3 N–H and O–H groups in total. The van der Waals surface area contributed by atoms with E-state index in [1.54, 1.807) is 0 Å². The molecule has 0 radical (unpaired) electrons. The quantitative estimate of drug-likeness (QED) is 0.766. The molecule has 0 aromatic carbocycles. The first kappa shape index (κ1) is 15.5. The normalized spacial score (nSPS) is 21.9. The fourth-order valence-electron chi connectivity index (χ4n) is 3.29. The van der Waals surface area contributed by atoms with Crippen LogP contribution in [0.25, 0.3) is 0 Å². The summed E-state index contributed by atoms with van der Waals surface area (Å²) in [5.74, 6) is 0.774. The topological polar surface area (TPSA) is 55.1 Å². The van der Waals surface area contributed by atoms with Crippen molar-refractivity contribution in [1.82, 2.24) is 5.32 Å². The highest BCUT2D eigenvalue weighted by molar-refractivity contribution is 5.83. The lowest BCUT2D eigenvalue weighted by Crippen LogP contribution is -2.55. The van der Waals surface area contributed by atoms with Crippen LogP contribution in [0, 0.1) is 11.3 Å². The molecule has 3 heteroatoms. The highest BCUT2D eigenvalue weighted by Crippen LogP contribution is 2.41. The van der Waals surface area contributed by atoms with Crippen molar-refractivity contribution in [3.63, 3.8) is 0 Å². The predicted octanol–water partition coefficient (Wildman–Crippen LogP) is 2.84. The first-order valence-electron chi connectivity index (χ1n) is 7.40. The fraction of sp³-hybridized carbons (Fsp3) is 0.933. The summed E-state index contributed by atoms with van der Waals surface area (Å²) in [6.07, 6.45) is 6.33. The van der Waals surface area contributed by atoms with Gasteiger partial charge in [-0.05, 0) is 38.5 Å². The molecule has 0 bridgehead atoms.